The highest BCUT2D eigenvalue weighted by atomic mass is 35.5. The first-order chi connectivity index (χ1) is 11.8. The number of fused-ring (bicyclic) bond motifs is 1. The highest BCUT2D eigenvalue weighted by Gasteiger charge is 2.13. The Morgan fingerprint density at radius 2 is 1.62 bits per heavy atom. The van der Waals surface area contributed by atoms with Gasteiger partial charge >= 0.3 is 0 Å². The molecule has 0 aliphatic heterocycles. The third-order valence-electron chi connectivity index (χ3n) is 3.70. The Hall–Kier alpha value is -2.92. The van der Waals surface area contributed by atoms with Gasteiger partial charge in [-0.05, 0) is 5.56 Å². The first kappa shape index (κ1) is 14.7. The fourth-order valence-electron chi connectivity index (χ4n) is 2.54. The lowest BCUT2D eigenvalue weighted by atomic mass is 10.2. The smallest absolute Gasteiger partial charge is 0.201 e. The predicted molar refractivity (Wildman–Crippen MR) is 95.0 cm³/mol. The molecule has 2 aromatic heterocycles. The molecule has 4 aromatic rings. The van der Waals surface area contributed by atoms with Crippen molar-refractivity contribution in [1.82, 2.24) is 19.8 Å². The van der Waals surface area contributed by atoms with Crippen LogP contribution in [0.2, 0.25) is 5.15 Å². The molecule has 0 spiro atoms. The highest BCUT2D eigenvalue weighted by Crippen LogP contribution is 2.24. The second kappa shape index (κ2) is 6.29. The van der Waals surface area contributed by atoms with Crippen LogP contribution in [0.15, 0.2) is 66.7 Å². The quantitative estimate of drug-likeness (QED) is 0.611. The topological polar surface area (TPSA) is 55.1 Å². The molecule has 24 heavy (non-hydrogen) atoms. The van der Waals surface area contributed by atoms with Gasteiger partial charge in [0.15, 0.2) is 11.0 Å². The van der Waals surface area contributed by atoms with E-state index in [1.54, 1.807) is 10.6 Å². The molecule has 5 nitrogen and oxygen atoms in total. The molecular weight excluding hydrogens is 322 g/mol. The molecule has 6 heteroatoms. The van der Waals surface area contributed by atoms with Gasteiger partial charge in [0.2, 0.25) is 5.65 Å². The van der Waals surface area contributed by atoms with Crippen LogP contribution < -0.4 is 5.32 Å². The summed E-state index contributed by atoms with van der Waals surface area (Å²) in [5.74, 6) is 0.663. The van der Waals surface area contributed by atoms with Crippen molar-refractivity contribution in [3.8, 4) is 11.4 Å². The van der Waals surface area contributed by atoms with Gasteiger partial charge in [-0.1, -0.05) is 72.3 Å². The Bertz CT molecular complexity index is 967. The van der Waals surface area contributed by atoms with Crippen molar-refractivity contribution >= 4 is 22.9 Å². The normalized spacial score (nSPS) is 10.9. The Labute approximate surface area is 143 Å². The van der Waals surface area contributed by atoms with Gasteiger partial charge in [-0.2, -0.15) is 9.61 Å². The minimum Gasteiger partial charge on any atom is -0.378 e. The number of hydrogen-bond acceptors (Lipinski definition) is 4. The fraction of sp³-hybridized carbons (Fsp3) is 0.0556. The zero-order chi connectivity index (χ0) is 16.4. The highest BCUT2D eigenvalue weighted by molar-refractivity contribution is 6.29. The van der Waals surface area contributed by atoms with E-state index in [1.165, 1.54) is 5.56 Å². The van der Waals surface area contributed by atoms with Crippen molar-refractivity contribution in [3.63, 3.8) is 0 Å². The van der Waals surface area contributed by atoms with Gasteiger partial charge in [0.1, 0.15) is 0 Å². The van der Waals surface area contributed by atoms with E-state index in [0.717, 1.165) is 11.3 Å². The van der Waals surface area contributed by atoms with Crippen molar-refractivity contribution in [2.45, 2.75) is 6.54 Å². The lowest BCUT2D eigenvalue weighted by Crippen LogP contribution is -2.04. The average molecular weight is 336 g/mol. The van der Waals surface area contributed by atoms with Crippen LogP contribution in [0.25, 0.3) is 17.0 Å². The van der Waals surface area contributed by atoms with Gasteiger partial charge in [-0.25, -0.2) is 0 Å². The maximum absolute atomic E-state index is 6.19. The van der Waals surface area contributed by atoms with Crippen LogP contribution in [0.4, 0.5) is 5.69 Å². The van der Waals surface area contributed by atoms with Gasteiger partial charge < -0.3 is 5.32 Å². The Balaban J connectivity index is 1.73. The molecule has 2 heterocycles. The van der Waals surface area contributed by atoms with Crippen molar-refractivity contribution in [3.05, 3.63) is 77.4 Å². The number of nitrogens with zero attached hydrogens (tertiary/aromatic N) is 4. The van der Waals surface area contributed by atoms with Crippen LogP contribution in [0.5, 0.6) is 0 Å². The molecule has 4 rings (SSSR count). The number of halogens is 1. The summed E-state index contributed by atoms with van der Waals surface area (Å²) in [4.78, 5) is 0. The Morgan fingerprint density at radius 3 is 2.38 bits per heavy atom. The number of aromatic nitrogens is 4. The molecule has 118 valence electrons. The second-order valence-corrected chi connectivity index (χ2v) is 5.73. The van der Waals surface area contributed by atoms with Crippen molar-refractivity contribution in [2.24, 2.45) is 0 Å². The van der Waals surface area contributed by atoms with E-state index in [9.17, 15) is 0 Å². The summed E-state index contributed by atoms with van der Waals surface area (Å²) in [5, 5.41) is 16.6. The molecule has 0 saturated heterocycles. The third-order valence-corrected chi connectivity index (χ3v) is 3.88. The monoisotopic (exact) mass is 335 g/mol. The molecule has 0 bridgehead atoms. The molecular formula is C18H14ClN5. The van der Waals surface area contributed by atoms with E-state index >= 15 is 0 Å². The van der Waals surface area contributed by atoms with Crippen molar-refractivity contribution in [2.75, 3.05) is 5.32 Å². The van der Waals surface area contributed by atoms with Crippen LogP contribution in [-0.4, -0.2) is 19.8 Å². The van der Waals surface area contributed by atoms with Crippen molar-refractivity contribution < 1.29 is 0 Å². The first-order valence-corrected chi connectivity index (χ1v) is 7.94. The molecule has 0 radical (unpaired) electrons. The molecule has 0 aliphatic carbocycles. The van der Waals surface area contributed by atoms with Gasteiger partial charge in [-0.15, -0.1) is 10.2 Å². The minimum absolute atomic E-state index is 0.384. The summed E-state index contributed by atoms with van der Waals surface area (Å²) in [6.07, 6.45) is 0. The number of hydrogen-bond donors (Lipinski definition) is 1. The number of benzene rings is 2. The van der Waals surface area contributed by atoms with Crippen LogP contribution in [-0.2, 0) is 6.54 Å². The Morgan fingerprint density at radius 1 is 0.917 bits per heavy atom. The zero-order valence-corrected chi connectivity index (χ0v) is 13.5. The van der Waals surface area contributed by atoms with E-state index in [0.29, 0.717) is 23.2 Å². The maximum Gasteiger partial charge on any atom is 0.201 e. The number of nitrogens with one attached hydrogen (secondary N) is 1. The standard InChI is InChI=1S/C18H14ClN5/c19-16-11-15(20-12-13-7-3-1-4-8-13)18-22-21-17(24(18)23-16)14-9-5-2-6-10-14/h1-11,20H,12H2. The lowest BCUT2D eigenvalue weighted by molar-refractivity contribution is 0.934. The van der Waals surface area contributed by atoms with Crippen LogP contribution in [0.1, 0.15) is 5.56 Å². The fourth-order valence-corrected chi connectivity index (χ4v) is 2.73. The molecule has 0 aliphatic rings. The summed E-state index contributed by atoms with van der Waals surface area (Å²) in [6.45, 7) is 0.671. The van der Waals surface area contributed by atoms with E-state index in [1.807, 2.05) is 48.5 Å². The SMILES string of the molecule is Clc1cc(NCc2ccccc2)c2nnc(-c3ccccc3)n2n1. The zero-order valence-electron chi connectivity index (χ0n) is 12.7. The largest absolute Gasteiger partial charge is 0.378 e. The van der Waals surface area contributed by atoms with Gasteiger partial charge in [-0.3, -0.25) is 0 Å². The van der Waals surface area contributed by atoms with Gasteiger partial charge in [0.25, 0.3) is 0 Å². The van der Waals surface area contributed by atoms with E-state index in [-0.39, 0.29) is 0 Å². The molecule has 0 amide bonds. The van der Waals surface area contributed by atoms with E-state index in [2.05, 4.69) is 32.7 Å². The number of rotatable bonds is 4. The summed E-state index contributed by atoms with van der Waals surface area (Å²) in [6, 6.07) is 21.7. The summed E-state index contributed by atoms with van der Waals surface area (Å²) < 4.78 is 1.67. The van der Waals surface area contributed by atoms with Crippen molar-refractivity contribution in [1.29, 1.82) is 0 Å². The maximum atomic E-state index is 6.19. The lowest BCUT2D eigenvalue weighted by Gasteiger charge is -2.08. The molecule has 0 unspecified atom stereocenters. The Kier molecular flexibility index (Phi) is 3.84. The minimum atomic E-state index is 0.384. The van der Waals surface area contributed by atoms with Gasteiger partial charge in [0, 0.05) is 18.2 Å². The third kappa shape index (κ3) is 2.81. The van der Waals surface area contributed by atoms with E-state index in [4.69, 9.17) is 11.6 Å². The summed E-state index contributed by atoms with van der Waals surface area (Å²) in [5.41, 5.74) is 3.56. The van der Waals surface area contributed by atoms with Crippen LogP contribution in [0, 0.1) is 0 Å². The average Bonchev–Trinajstić information content (AvgIpc) is 3.05. The molecule has 2 aromatic carbocycles. The molecule has 0 saturated carbocycles. The first-order valence-electron chi connectivity index (χ1n) is 7.56. The van der Waals surface area contributed by atoms with E-state index < -0.39 is 0 Å². The predicted octanol–water partition coefficient (Wildman–Crippen LogP) is 4.06. The van der Waals surface area contributed by atoms with Gasteiger partial charge in [0.05, 0.1) is 5.69 Å². The summed E-state index contributed by atoms with van der Waals surface area (Å²) in [7, 11) is 0. The molecule has 0 fully saturated rings. The molecule has 1 N–H and O–H groups in total. The second-order valence-electron chi connectivity index (χ2n) is 5.34. The van der Waals surface area contributed by atoms with Crippen LogP contribution in [0.3, 0.4) is 0 Å². The summed E-state index contributed by atoms with van der Waals surface area (Å²) >= 11 is 6.19. The number of anilines is 1. The van der Waals surface area contributed by atoms with Crippen LogP contribution >= 0.6 is 11.6 Å². The molecule has 0 atom stereocenters.